The van der Waals surface area contributed by atoms with Crippen LogP contribution < -0.4 is 5.43 Å². The molecule has 1 rings (SSSR count). The molecule has 5 nitrogen and oxygen atoms in total. The van der Waals surface area contributed by atoms with Crippen molar-refractivity contribution in [1.82, 2.24) is 5.43 Å². The molecule has 0 saturated carbocycles. The zero-order valence-corrected chi connectivity index (χ0v) is 5.70. The van der Waals surface area contributed by atoms with Crippen LogP contribution in [0.1, 0.15) is 0 Å². The molecule has 0 aromatic carbocycles. The van der Waals surface area contributed by atoms with Crippen LogP contribution in [0.15, 0.2) is 15.8 Å². The fraction of sp³-hybridized carbons (Fsp3) is 0. The molecule has 0 aromatic rings. The van der Waals surface area contributed by atoms with Gasteiger partial charge in [-0.2, -0.15) is 0 Å². The van der Waals surface area contributed by atoms with E-state index in [0.717, 1.165) is 0 Å². The van der Waals surface area contributed by atoms with Crippen molar-refractivity contribution in [3.63, 3.8) is 0 Å². The minimum atomic E-state index is -0.599. The maximum Gasteiger partial charge on any atom is 0.393 e. The highest BCUT2D eigenvalue weighted by Crippen LogP contribution is 2.07. The monoisotopic (exact) mass is 190 g/mol. The summed E-state index contributed by atoms with van der Waals surface area (Å²) in [6, 6.07) is 0. The van der Waals surface area contributed by atoms with E-state index in [1.165, 1.54) is 6.08 Å². The molecule has 0 amide bonds. The number of rotatable bonds is 0. The second-order valence-corrected chi connectivity index (χ2v) is 2.09. The van der Waals surface area contributed by atoms with E-state index in [0.29, 0.717) is 4.61 Å². The lowest BCUT2D eigenvalue weighted by Gasteiger charge is -1.82. The van der Waals surface area contributed by atoms with E-state index >= 15 is 0 Å². The summed E-state index contributed by atoms with van der Waals surface area (Å²) in [6.07, 6.45) is 1.24. The van der Waals surface area contributed by atoms with Crippen molar-refractivity contribution >= 4 is 21.8 Å². The average Bonchev–Trinajstić information content (AvgIpc) is 2.14. The molecule has 1 radical (unpaired) electrons. The van der Waals surface area contributed by atoms with Crippen LogP contribution in [0.25, 0.3) is 0 Å². The van der Waals surface area contributed by atoms with Gasteiger partial charge in [0.05, 0.1) is 11.2 Å². The summed E-state index contributed by atoms with van der Waals surface area (Å²) in [6.45, 7) is 0. The van der Waals surface area contributed by atoms with Crippen molar-refractivity contribution in [2.24, 2.45) is 5.10 Å². The van der Waals surface area contributed by atoms with Gasteiger partial charge < -0.3 is 10.1 Å². The van der Waals surface area contributed by atoms with Crippen LogP contribution in [0.3, 0.4) is 0 Å². The number of halogens is 1. The Morgan fingerprint density at radius 2 is 2.44 bits per heavy atom. The number of amidine groups is 1. The van der Waals surface area contributed by atoms with Gasteiger partial charge in [0.1, 0.15) is 0 Å². The van der Waals surface area contributed by atoms with Crippen LogP contribution >= 0.6 is 15.9 Å². The first kappa shape index (κ1) is 6.21. The zero-order valence-electron chi connectivity index (χ0n) is 4.11. The lowest BCUT2D eigenvalue weighted by Crippen LogP contribution is -2.05. The Kier molecular flexibility index (Phi) is 1.48. The van der Waals surface area contributed by atoms with E-state index in [-0.39, 0.29) is 5.84 Å². The van der Waals surface area contributed by atoms with Gasteiger partial charge in [-0.25, -0.2) is 0 Å². The van der Waals surface area contributed by atoms with Gasteiger partial charge in [0.2, 0.25) is 0 Å². The first-order valence-corrected chi connectivity index (χ1v) is 2.80. The molecule has 1 heterocycles. The van der Waals surface area contributed by atoms with Crippen molar-refractivity contribution in [3.05, 3.63) is 20.8 Å². The molecular formula is C3HBrN3O2. The van der Waals surface area contributed by atoms with Gasteiger partial charge in [-0.3, -0.25) is 0 Å². The zero-order chi connectivity index (χ0) is 6.85. The summed E-state index contributed by atoms with van der Waals surface area (Å²) >= 11 is 2.92. The summed E-state index contributed by atoms with van der Waals surface area (Å²) in [5.41, 5.74) is 3.36. The third kappa shape index (κ3) is 1.26. The lowest BCUT2D eigenvalue weighted by molar-refractivity contribution is -0.348. The standard InChI is InChI=1S/C3HBrN3O2/c4-2-1-3(6-5-2)7(8)9/h1H. The number of hydrogen-bond donors (Lipinski definition) is 0. The Hall–Kier alpha value is -0.910. The van der Waals surface area contributed by atoms with E-state index in [1.54, 1.807) is 0 Å². The second-order valence-electron chi connectivity index (χ2n) is 1.28. The van der Waals surface area contributed by atoms with Gasteiger partial charge >= 0.3 is 5.84 Å². The van der Waals surface area contributed by atoms with Crippen LogP contribution in [-0.4, -0.2) is 10.8 Å². The van der Waals surface area contributed by atoms with Crippen molar-refractivity contribution < 1.29 is 4.92 Å². The maximum absolute atomic E-state index is 9.90. The maximum atomic E-state index is 9.90. The van der Waals surface area contributed by atoms with Crippen LogP contribution in [0, 0.1) is 10.1 Å². The van der Waals surface area contributed by atoms with E-state index < -0.39 is 4.92 Å². The van der Waals surface area contributed by atoms with Crippen molar-refractivity contribution in [2.75, 3.05) is 0 Å². The summed E-state index contributed by atoms with van der Waals surface area (Å²) in [4.78, 5) is 9.30. The van der Waals surface area contributed by atoms with Crippen LogP contribution in [0.5, 0.6) is 0 Å². The van der Waals surface area contributed by atoms with Crippen LogP contribution in [0.2, 0.25) is 0 Å². The SMILES string of the molecule is O=[N+]([O-])C1=N[N]C(Br)=C1. The molecule has 47 valence electrons. The summed E-state index contributed by atoms with van der Waals surface area (Å²) in [5, 5.41) is 13.1. The summed E-state index contributed by atoms with van der Waals surface area (Å²) in [5.74, 6) is -0.234. The Morgan fingerprint density at radius 3 is 2.67 bits per heavy atom. The molecule has 0 unspecified atom stereocenters. The van der Waals surface area contributed by atoms with Crippen LogP contribution in [-0.2, 0) is 0 Å². The van der Waals surface area contributed by atoms with Gasteiger partial charge in [0.15, 0.2) is 4.61 Å². The van der Waals surface area contributed by atoms with Gasteiger partial charge in [-0.15, -0.1) is 0 Å². The molecule has 0 saturated heterocycles. The molecule has 9 heavy (non-hydrogen) atoms. The highest BCUT2D eigenvalue weighted by atomic mass is 79.9. The molecule has 1 aliphatic rings. The molecule has 0 aliphatic carbocycles. The molecule has 1 aliphatic heterocycles. The Labute approximate surface area is 58.7 Å². The molecule has 0 aromatic heterocycles. The average molecular weight is 191 g/mol. The highest BCUT2D eigenvalue weighted by Gasteiger charge is 2.18. The fourth-order valence-electron chi connectivity index (χ4n) is 0.352. The first-order chi connectivity index (χ1) is 4.20. The quantitative estimate of drug-likeness (QED) is 0.316. The van der Waals surface area contributed by atoms with Crippen molar-refractivity contribution in [3.8, 4) is 0 Å². The highest BCUT2D eigenvalue weighted by molar-refractivity contribution is 9.11. The smallest absolute Gasteiger partial charge is 0.358 e. The minimum absolute atomic E-state index is 0.234. The molecule has 0 N–H and O–H groups in total. The molecule has 0 spiro atoms. The largest absolute Gasteiger partial charge is 0.393 e. The molecule has 0 atom stereocenters. The summed E-state index contributed by atoms with van der Waals surface area (Å²) in [7, 11) is 0. The second kappa shape index (κ2) is 2.14. The predicted molar refractivity (Wildman–Crippen MR) is 33.6 cm³/mol. The Morgan fingerprint density at radius 1 is 1.78 bits per heavy atom. The van der Waals surface area contributed by atoms with E-state index in [1.807, 2.05) is 0 Å². The minimum Gasteiger partial charge on any atom is -0.358 e. The third-order valence-corrected chi connectivity index (χ3v) is 1.07. The first-order valence-electron chi connectivity index (χ1n) is 2.00. The Bertz CT molecular complexity index is 209. The van der Waals surface area contributed by atoms with Gasteiger partial charge in [0.25, 0.3) is 0 Å². The molecule has 0 fully saturated rings. The number of nitrogens with zero attached hydrogens (tertiary/aromatic N) is 3. The molecule has 6 heteroatoms. The third-order valence-electron chi connectivity index (χ3n) is 0.683. The van der Waals surface area contributed by atoms with Gasteiger partial charge in [-0.1, -0.05) is 0 Å². The Balaban J connectivity index is 2.75. The van der Waals surface area contributed by atoms with Crippen molar-refractivity contribution in [1.29, 1.82) is 0 Å². The predicted octanol–water partition coefficient (Wildman–Crippen LogP) is 0.431. The molecule has 0 bridgehead atoms. The summed E-state index contributed by atoms with van der Waals surface area (Å²) < 4.78 is 0.384. The molecular weight excluding hydrogens is 190 g/mol. The number of nitro groups is 1. The van der Waals surface area contributed by atoms with E-state index in [9.17, 15) is 10.1 Å². The van der Waals surface area contributed by atoms with Gasteiger partial charge in [0, 0.05) is 0 Å². The van der Waals surface area contributed by atoms with Gasteiger partial charge in [-0.05, 0) is 26.3 Å². The topological polar surface area (TPSA) is 69.6 Å². The van der Waals surface area contributed by atoms with Crippen LogP contribution in [0.4, 0.5) is 0 Å². The lowest BCUT2D eigenvalue weighted by atomic mass is 10.6. The van der Waals surface area contributed by atoms with E-state index in [4.69, 9.17) is 0 Å². The number of hydrogen-bond acceptors (Lipinski definition) is 3. The fourth-order valence-corrected chi connectivity index (χ4v) is 0.637. The van der Waals surface area contributed by atoms with E-state index in [2.05, 4.69) is 26.5 Å². The van der Waals surface area contributed by atoms with Crippen molar-refractivity contribution in [2.45, 2.75) is 0 Å². The normalized spacial score (nSPS) is 16.1.